The van der Waals surface area contributed by atoms with Crippen LogP contribution in [0.4, 0.5) is 0 Å². The molecular formula is C23H45N5O13. The molecule has 1 saturated carbocycles. The molecule has 0 bridgehead atoms. The van der Waals surface area contributed by atoms with Crippen LogP contribution >= 0.6 is 0 Å². The van der Waals surface area contributed by atoms with Crippen molar-refractivity contribution in [2.24, 2.45) is 28.7 Å². The van der Waals surface area contributed by atoms with Crippen molar-refractivity contribution in [3.63, 3.8) is 0 Å². The molecule has 41 heavy (non-hydrogen) atoms. The molecule has 1 aliphatic carbocycles. The van der Waals surface area contributed by atoms with Crippen molar-refractivity contribution in [2.45, 2.75) is 123 Å². The zero-order valence-electron chi connectivity index (χ0n) is 22.4. The second-order valence-corrected chi connectivity index (χ2v) is 11.1. The Morgan fingerprint density at radius 1 is 0.585 bits per heavy atom. The summed E-state index contributed by atoms with van der Waals surface area (Å²) in [5.74, 6) is 0. The highest BCUT2D eigenvalue weighted by molar-refractivity contribution is 5.01. The van der Waals surface area contributed by atoms with Crippen molar-refractivity contribution < 1.29 is 64.2 Å². The summed E-state index contributed by atoms with van der Waals surface area (Å²) in [5, 5.41) is 71.2. The maximum atomic E-state index is 10.9. The second-order valence-electron chi connectivity index (χ2n) is 11.1. The molecule has 17 N–H and O–H groups in total. The van der Waals surface area contributed by atoms with Gasteiger partial charge in [-0.1, -0.05) is 0 Å². The van der Waals surface area contributed by atoms with E-state index < -0.39 is 123 Å². The lowest BCUT2D eigenvalue weighted by atomic mass is 9.84. The minimum absolute atomic E-state index is 0.0150. The number of aliphatic hydroxyl groups is 7. The van der Waals surface area contributed by atoms with Gasteiger partial charge in [0.15, 0.2) is 18.9 Å². The molecule has 4 fully saturated rings. The molecule has 3 aliphatic heterocycles. The fraction of sp³-hybridized carbons (Fsp3) is 1.00. The number of rotatable bonds is 9. The highest BCUT2D eigenvalue weighted by Crippen LogP contribution is 2.34. The van der Waals surface area contributed by atoms with Crippen LogP contribution in [-0.4, -0.2) is 166 Å². The smallest absolute Gasteiger partial charge is 0.176 e. The zero-order chi connectivity index (χ0) is 30.2. The molecule has 3 heterocycles. The molecule has 3 saturated heterocycles. The second kappa shape index (κ2) is 13.9. The van der Waals surface area contributed by atoms with Gasteiger partial charge in [0, 0.05) is 25.0 Å². The van der Waals surface area contributed by atoms with Crippen LogP contribution in [-0.2, 0) is 28.4 Å². The first-order valence-electron chi connectivity index (χ1n) is 13.7. The molecule has 0 unspecified atom stereocenters. The Bertz CT molecular complexity index is 835. The summed E-state index contributed by atoms with van der Waals surface area (Å²) in [4.78, 5) is 0. The largest absolute Gasteiger partial charge is 0.394 e. The highest BCUT2D eigenvalue weighted by atomic mass is 16.7. The van der Waals surface area contributed by atoms with Gasteiger partial charge >= 0.3 is 0 Å². The first-order valence-corrected chi connectivity index (χ1v) is 13.7. The average molecular weight is 600 g/mol. The van der Waals surface area contributed by atoms with Gasteiger partial charge in [0.1, 0.15) is 54.9 Å². The van der Waals surface area contributed by atoms with Gasteiger partial charge in [-0.25, -0.2) is 0 Å². The molecule has 0 radical (unpaired) electrons. The molecule has 240 valence electrons. The fourth-order valence-electron chi connectivity index (χ4n) is 5.67. The summed E-state index contributed by atoms with van der Waals surface area (Å²) in [6.07, 6.45) is -16.5. The summed E-state index contributed by atoms with van der Waals surface area (Å²) in [7, 11) is 0. The van der Waals surface area contributed by atoms with Crippen LogP contribution in [0.1, 0.15) is 12.8 Å². The van der Waals surface area contributed by atoms with Gasteiger partial charge in [0.05, 0.1) is 37.5 Å². The molecule has 0 spiro atoms. The number of hydrogen-bond donors (Lipinski definition) is 12. The van der Waals surface area contributed by atoms with Gasteiger partial charge in [-0.2, -0.15) is 0 Å². The molecule has 4 rings (SSSR count). The van der Waals surface area contributed by atoms with Crippen molar-refractivity contribution >= 4 is 0 Å². The third-order valence-electron chi connectivity index (χ3n) is 8.23. The molecule has 0 aromatic rings. The van der Waals surface area contributed by atoms with E-state index in [0.717, 1.165) is 0 Å². The molecule has 0 aromatic carbocycles. The predicted octanol–water partition coefficient (Wildman–Crippen LogP) is -7.83. The molecule has 0 amide bonds. The van der Waals surface area contributed by atoms with Crippen molar-refractivity contribution in [1.29, 1.82) is 0 Å². The standard InChI is InChI=1S/C23H45N5O13/c24-3-9-16(32)18(34)13(27)22(38-9)37-8-2-12(36-10(8)4-29)40-21-15(31)6(25)1-7(26)20(21)41-23-14(28)19(35)17(33)11(5-30)39-23/h6-23,29-35H,1-5,24-28H2/t6-,7+,8+,9+,10-,11-,12+,13-,14-,15+,16-,17-,18-,19-,20-,21-,22+,23-/m1/s1. The number of aliphatic hydroxyl groups excluding tert-OH is 7. The number of hydrogen-bond acceptors (Lipinski definition) is 18. The summed E-state index contributed by atoms with van der Waals surface area (Å²) in [6, 6.07) is -3.94. The van der Waals surface area contributed by atoms with Crippen LogP contribution in [0.5, 0.6) is 0 Å². The minimum Gasteiger partial charge on any atom is -0.394 e. The minimum atomic E-state index is -1.48. The van der Waals surface area contributed by atoms with Gasteiger partial charge in [-0.15, -0.1) is 0 Å². The average Bonchev–Trinajstić information content (AvgIpc) is 3.34. The summed E-state index contributed by atoms with van der Waals surface area (Å²) in [6.45, 7) is -1.21. The van der Waals surface area contributed by atoms with E-state index in [4.69, 9.17) is 57.1 Å². The van der Waals surface area contributed by atoms with E-state index in [-0.39, 0.29) is 19.4 Å². The Hall–Kier alpha value is -0.720. The van der Waals surface area contributed by atoms with Crippen LogP contribution < -0.4 is 28.7 Å². The lowest BCUT2D eigenvalue weighted by Gasteiger charge is -2.47. The van der Waals surface area contributed by atoms with E-state index >= 15 is 0 Å². The molecule has 4 aliphatic rings. The lowest BCUT2D eigenvalue weighted by molar-refractivity contribution is -0.307. The third-order valence-corrected chi connectivity index (χ3v) is 8.23. The quantitative estimate of drug-likeness (QED) is 0.117. The third kappa shape index (κ3) is 6.85. The number of nitrogens with two attached hydrogens (primary N) is 5. The van der Waals surface area contributed by atoms with E-state index in [1.54, 1.807) is 0 Å². The van der Waals surface area contributed by atoms with Gasteiger partial charge in [0.2, 0.25) is 0 Å². The first kappa shape index (κ1) is 33.2. The molecule has 0 aromatic heterocycles. The maximum absolute atomic E-state index is 10.9. The van der Waals surface area contributed by atoms with Crippen LogP contribution in [0.25, 0.3) is 0 Å². The lowest BCUT2D eigenvalue weighted by Crippen LogP contribution is -2.67. The Labute approximate surface area is 236 Å². The SMILES string of the molecule is NC[C@@H]1O[C@H](O[C@H]2C[C@H](O[C@@H]3[C@@H](O)[C@H](N)C[C@H](N)[C@H]3O[C@H]3O[C@H](CO)[C@@H](O)[C@H](O)[C@H]3N)O[C@@H]2CO)[C@H](N)[C@@H](O)[C@@H]1O. The Balaban J connectivity index is 1.45. The normalized spacial score (nSPS) is 53.0. The summed E-state index contributed by atoms with van der Waals surface area (Å²) >= 11 is 0. The fourth-order valence-corrected chi connectivity index (χ4v) is 5.67. The van der Waals surface area contributed by atoms with E-state index in [2.05, 4.69) is 0 Å². The van der Waals surface area contributed by atoms with Gasteiger partial charge in [-0.05, 0) is 6.42 Å². The summed E-state index contributed by atoms with van der Waals surface area (Å²) in [5.41, 5.74) is 30.0. The van der Waals surface area contributed by atoms with Crippen molar-refractivity contribution in [3.8, 4) is 0 Å². The first-order chi connectivity index (χ1) is 19.4. The van der Waals surface area contributed by atoms with Crippen LogP contribution in [0.3, 0.4) is 0 Å². The summed E-state index contributed by atoms with van der Waals surface area (Å²) < 4.78 is 35.0. The monoisotopic (exact) mass is 599 g/mol. The van der Waals surface area contributed by atoms with E-state index in [0.29, 0.717) is 0 Å². The molecule has 18 nitrogen and oxygen atoms in total. The Morgan fingerprint density at radius 2 is 1.15 bits per heavy atom. The van der Waals surface area contributed by atoms with Crippen molar-refractivity contribution in [2.75, 3.05) is 19.8 Å². The van der Waals surface area contributed by atoms with Crippen LogP contribution in [0, 0.1) is 0 Å². The Morgan fingerprint density at radius 3 is 1.73 bits per heavy atom. The van der Waals surface area contributed by atoms with Crippen LogP contribution in [0.2, 0.25) is 0 Å². The molecule has 18 atom stereocenters. The number of ether oxygens (including phenoxy) is 6. The van der Waals surface area contributed by atoms with Gasteiger partial charge in [0.25, 0.3) is 0 Å². The van der Waals surface area contributed by atoms with E-state index in [1.165, 1.54) is 0 Å². The Kier molecular flexibility index (Phi) is 11.3. The van der Waals surface area contributed by atoms with E-state index in [1.807, 2.05) is 0 Å². The molecule has 18 heteroatoms. The predicted molar refractivity (Wildman–Crippen MR) is 135 cm³/mol. The van der Waals surface area contributed by atoms with Crippen LogP contribution in [0.15, 0.2) is 0 Å². The van der Waals surface area contributed by atoms with Crippen molar-refractivity contribution in [1.82, 2.24) is 0 Å². The van der Waals surface area contributed by atoms with Gasteiger partial charge < -0.3 is 92.8 Å². The van der Waals surface area contributed by atoms with Crippen molar-refractivity contribution in [3.05, 3.63) is 0 Å². The zero-order valence-corrected chi connectivity index (χ0v) is 22.4. The highest BCUT2D eigenvalue weighted by Gasteiger charge is 2.51. The van der Waals surface area contributed by atoms with E-state index in [9.17, 15) is 35.7 Å². The van der Waals surface area contributed by atoms with Gasteiger partial charge in [-0.3, -0.25) is 0 Å². The maximum Gasteiger partial charge on any atom is 0.176 e. The molecular weight excluding hydrogens is 554 g/mol. The topological polar surface area (TPSA) is 327 Å².